The molecule has 0 aliphatic carbocycles. The summed E-state index contributed by atoms with van der Waals surface area (Å²) in [4.78, 5) is 43.2. The number of hydrogen-bond acceptors (Lipinski definition) is 5. The van der Waals surface area contributed by atoms with E-state index in [2.05, 4.69) is 10.3 Å². The van der Waals surface area contributed by atoms with Gasteiger partial charge in [0.1, 0.15) is 11.8 Å². The molecule has 1 atom stereocenters. The molecule has 0 aliphatic rings. The standard InChI is InChI=1S/C23H23N5O4/c1-14-10-11-17(32-4)16(12-14)25-21(29)18(15-8-6-5-7-9-15)28-13-24-20-19(28)22(30)27(3)23(31)26(20)2/h5-13,18H,1-4H3,(H,25,29). The number of carbonyl (C=O) groups excluding carboxylic acids is 1. The van der Waals surface area contributed by atoms with Crippen LogP contribution in [0.15, 0.2) is 64.4 Å². The highest BCUT2D eigenvalue weighted by Crippen LogP contribution is 2.28. The predicted octanol–water partition coefficient (Wildman–Crippen LogP) is 1.98. The van der Waals surface area contributed by atoms with Gasteiger partial charge in [0, 0.05) is 14.1 Å². The van der Waals surface area contributed by atoms with E-state index in [9.17, 15) is 14.4 Å². The van der Waals surface area contributed by atoms with Crippen LogP contribution in [0.2, 0.25) is 0 Å². The van der Waals surface area contributed by atoms with E-state index >= 15 is 0 Å². The molecule has 2 aromatic carbocycles. The summed E-state index contributed by atoms with van der Waals surface area (Å²) in [5, 5.41) is 2.92. The number of ether oxygens (including phenoxy) is 1. The lowest BCUT2D eigenvalue weighted by Gasteiger charge is -2.20. The van der Waals surface area contributed by atoms with E-state index in [0.717, 1.165) is 10.1 Å². The topological polar surface area (TPSA) is 100 Å². The molecule has 9 heteroatoms. The average Bonchev–Trinajstić information content (AvgIpc) is 3.22. The summed E-state index contributed by atoms with van der Waals surface area (Å²) >= 11 is 0. The van der Waals surface area contributed by atoms with Crippen molar-refractivity contribution in [2.24, 2.45) is 14.1 Å². The summed E-state index contributed by atoms with van der Waals surface area (Å²) in [6.45, 7) is 1.91. The largest absolute Gasteiger partial charge is 0.495 e. The van der Waals surface area contributed by atoms with Gasteiger partial charge in [0.25, 0.3) is 11.5 Å². The maximum absolute atomic E-state index is 13.6. The highest BCUT2D eigenvalue weighted by molar-refractivity contribution is 5.98. The van der Waals surface area contributed by atoms with Crippen LogP contribution in [-0.2, 0) is 18.9 Å². The lowest BCUT2D eigenvalue weighted by atomic mass is 10.1. The van der Waals surface area contributed by atoms with Gasteiger partial charge in [-0.15, -0.1) is 0 Å². The molecule has 1 N–H and O–H groups in total. The number of aromatic nitrogens is 4. The van der Waals surface area contributed by atoms with Gasteiger partial charge >= 0.3 is 5.69 Å². The number of nitrogens with zero attached hydrogens (tertiary/aromatic N) is 4. The molecular weight excluding hydrogens is 410 g/mol. The number of imidazole rings is 1. The molecule has 1 amide bonds. The van der Waals surface area contributed by atoms with Gasteiger partial charge in [-0.1, -0.05) is 36.4 Å². The van der Waals surface area contributed by atoms with Gasteiger partial charge in [-0.25, -0.2) is 9.78 Å². The summed E-state index contributed by atoms with van der Waals surface area (Å²) in [6, 6.07) is 13.6. The Labute approximate surface area is 183 Å². The Morgan fingerprint density at radius 3 is 2.47 bits per heavy atom. The molecule has 2 aromatic heterocycles. The first-order valence-corrected chi connectivity index (χ1v) is 9.96. The van der Waals surface area contributed by atoms with Crippen LogP contribution in [0.5, 0.6) is 5.75 Å². The lowest BCUT2D eigenvalue weighted by molar-refractivity contribution is -0.118. The van der Waals surface area contributed by atoms with Crippen molar-refractivity contribution in [3.63, 3.8) is 0 Å². The highest BCUT2D eigenvalue weighted by Gasteiger charge is 2.27. The molecule has 0 spiro atoms. The van der Waals surface area contributed by atoms with E-state index in [4.69, 9.17) is 4.74 Å². The fourth-order valence-electron chi connectivity index (χ4n) is 3.75. The zero-order valence-electron chi connectivity index (χ0n) is 18.2. The minimum Gasteiger partial charge on any atom is -0.495 e. The van der Waals surface area contributed by atoms with Crippen LogP contribution < -0.4 is 21.3 Å². The predicted molar refractivity (Wildman–Crippen MR) is 121 cm³/mol. The summed E-state index contributed by atoms with van der Waals surface area (Å²) < 4.78 is 9.18. The zero-order chi connectivity index (χ0) is 23.0. The second-order valence-corrected chi connectivity index (χ2v) is 7.54. The Morgan fingerprint density at radius 1 is 1.06 bits per heavy atom. The van der Waals surface area contributed by atoms with Crippen molar-refractivity contribution in [2.75, 3.05) is 12.4 Å². The third kappa shape index (κ3) is 3.47. The fourth-order valence-corrected chi connectivity index (χ4v) is 3.75. The van der Waals surface area contributed by atoms with Crippen LogP contribution in [0.4, 0.5) is 5.69 Å². The number of fused-ring (bicyclic) bond motifs is 1. The number of anilines is 1. The highest BCUT2D eigenvalue weighted by atomic mass is 16.5. The first kappa shape index (κ1) is 21.1. The molecule has 9 nitrogen and oxygen atoms in total. The van der Waals surface area contributed by atoms with E-state index in [1.807, 2.05) is 37.3 Å². The minimum absolute atomic E-state index is 0.162. The molecule has 4 rings (SSSR count). The molecular formula is C23H23N5O4. The van der Waals surface area contributed by atoms with Crippen molar-refractivity contribution < 1.29 is 9.53 Å². The van der Waals surface area contributed by atoms with Gasteiger partial charge in [-0.2, -0.15) is 0 Å². The number of carbonyl (C=O) groups is 1. The maximum atomic E-state index is 13.6. The van der Waals surface area contributed by atoms with E-state index in [-0.39, 0.29) is 17.1 Å². The Balaban J connectivity index is 1.91. The molecule has 0 fully saturated rings. The summed E-state index contributed by atoms with van der Waals surface area (Å²) in [7, 11) is 4.47. The van der Waals surface area contributed by atoms with Crippen molar-refractivity contribution in [1.82, 2.24) is 18.7 Å². The SMILES string of the molecule is COc1ccc(C)cc1NC(=O)C(c1ccccc1)n1cnc2c1c(=O)n(C)c(=O)n2C. The number of hydrogen-bond donors (Lipinski definition) is 1. The van der Waals surface area contributed by atoms with Crippen molar-refractivity contribution in [3.8, 4) is 5.75 Å². The number of rotatable bonds is 5. The Bertz CT molecular complexity index is 1430. The minimum atomic E-state index is -0.906. The quantitative estimate of drug-likeness (QED) is 0.519. The molecule has 4 aromatic rings. The molecule has 0 saturated heterocycles. The van der Waals surface area contributed by atoms with Crippen LogP contribution in [0.3, 0.4) is 0 Å². The van der Waals surface area contributed by atoms with Gasteiger partial charge in [0.15, 0.2) is 11.2 Å². The second kappa shape index (κ2) is 8.18. The first-order chi connectivity index (χ1) is 15.3. The fraction of sp³-hybridized carbons (Fsp3) is 0.217. The smallest absolute Gasteiger partial charge is 0.332 e. The normalized spacial score (nSPS) is 12.0. The van der Waals surface area contributed by atoms with Gasteiger partial charge < -0.3 is 14.6 Å². The average molecular weight is 433 g/mol. The second-order valence-electron chi connectivity index (χ2n) is 7.54. The van der Waals surface area contributed by atoms with Crippen LogP contribution in [-0.4, -0.2) is 31.7 Å². The van der Waals surface area contributed by atoms with E-state index < -0.39 is 17.3 Å². The zero-order valence-corrected chi connectivity index (χ0v) is 18.2. The van der Waals surface area contributed by atoms with Gasteiger partial charge in [0.2, 0.25) is 0 Å². The van der Waals surface area contributed by atoms with E-state index in [0.29, 0.717) is 17.0 Å². The monoisotopic (exact) mass is 433 g/mol. The molecule has 164 valence electrons. The summed E-state index contributed by atoms with van der Waals surface area (Å²) in [6.07, 6.45) is 1.41. The molecule has 0 bridgehead atoms. The third-order valence-electron chi connectivity index (χ3n) is 5.43. The van der Waals surface area contributed by atoms with Gasteiger partial charge in [-0.05, 0) is 30.2 Å². The van der Waals surface area contributed by atoms with Crippen molar-refractivity contribution in [3.05, 3.63) is 86.8 Å². The third-order valence-corrected chi connectivity index (χ3v) is 5.43. The summed E-state index contributed by atoms with van der Waals surface area (Å²) in [5.74, 6) is 0.139. The lowest BCUT2D eigenvalue weighted by Crippen LogP contribution is -2.38. The van der Waals surface area contributed by atoms with Crippen LogP contribution in [0.25, 0.3) is 11.2 Å². The number of benzene rings is 2. The van der Waals surface area contributed by atoms with Crippen LogP contribution >= 0.6 is 0 Å². The Kier molecular flexibility index (Phi) is 5.40. The van der Waals surface area contributed by atoms with Crippen LogP contribution in [0.1, 0.15) is 17.2 Å². The van der Waals surface area contributed by atoms with Crippen LogP contribution in [0, 0.1) is 6.92 Å². The number of methoxy groups -OCH3 is 1. The maximum Gasteiger partial charge on any atom is 0.332 e. The number of nitrogens with one attached hydrogen (secondary N) is 1. The summed E-state index contributed by atoms with van der Waals surface area (Å²) in [5.41, 5.74) is 1.49. The molecule has 0 aliphatic heterocycles. The molecule has 1 unspecified atom stereocenters. The Morgan fingerprint density at radius 2 is 1.78 bits per heavy atom. The first-order valence-electron chi connectivity index (χ1n) is 9.96. The van der Waals surface area contributed by atoms with Gasteiger partial charge in [-0.3, -0.25) is 18.7 Å². The van der Waals surface area contributed by atoms with E-state index in [1.54, 1.807) is 18.2 Å². The van der Waals surface area contributed by atoms with Gasteiger partial charge in [0.05, 0.1) is 19.1 Å². The number of aryl methyl sites for hydroxylation is 2. The molecule has 0 saturated carbocycles. The van der Waals surface area contributed by atoms with Crippen molar-refractivity contribution >= 4 is 22.8 Å². The Hall–Kier alpha value is -4.14. The molecule has 0 radical (unpaired) electrons. The number of amides is 1. The van der Waals surface area contributed by atoms with Crippen molar-refractivity contribution in [1.29, 1.82) is 0 Å². The molecule has 32 heavy (non-hydrogen) atoms. The molecule has 2 heterocycles. The van der Waals surface area contributed by atoms with Crippen molar-refractivity contribution in [2.45, 2.75) is 13.0 Å². The van der Waals surface area contributed by atoms with E-state index in [1.165, 1.54) is 36.7 Å².